The number of hydrogen-bond donors (Lipinski definition) is 3. The Morgan fingerprint density at radius 3 is 2.33 bits per heavy atom. The topological polar surface area (TPSA) is 88.7 Å². The van der Waals surface area contributed by atoms with Crippen molar-refractivity contribution in [1.29, 1.82) is 0 Å². The normalized spacial score (nSPS) is 22.0. The molecule has 0 aromatic carbocycles. The number of ether oxygens (including phenoxy) is 2. The third-order valence-electron chi connectivity index (χ3n) is 3.55. The zero-order valence-electron chi connectivity index (χ0n) is 13.0. The lowest BCUT2D eigenvalue weighted by atomic mass is 9.95. The molecule has 2 saturated heterocycles. The van der Waals surface area contributed by atoms with Gasteiger partial charge in [-0.25, -0.2) is 4.79 Å². The summed E-state index contributed by atoms with van der Waals surface area (Å²) in [6.07, 6.45) is 1.20. The third-order valence-corrected chi connectivity index (χ3v) is 3.55. The van der Waals surface area contributed by atoms with Crippen LogP contribution in [0.2, 0.25) is 0 Å². The molecule has 0 radical (unpaired) electrons. The van der Waals surface area contributed by atoms with Crippen molar-refractivity contribution in [3.63, 3.8) is 0 Å². The molecule has 2 amide bonds. The second-order valence-electron chi connectivity index (χ2n) is 6.70. The second kappa shape index (κ2) is 6.19. The minimum atomic E-state index is -0.993. The van der Waals surface area contributed by atoms with Gasteiger partial charge in [0.25, 0.3) is 5.91 Å². The van der Waals surface area contributed by atoms with E-state index in [0.29, 0.717) is 0 Å². The van der Waals surface area contributed by atoms with Crippen LogP contribution in [0.15, 0.2) is 0 Å². The number of piperidine rings is 1. The Labute approximate surface area is 125 Å². The first kappa shape index (κ1) is 16.0. The second-order valence-corrected chi connectivity index (χ2v) is 6.70. The van der Waals surface area contributed by atoms with E-state index >= 15 is 0 Å². The number of alkyl carbamates (subject to hydrolysis) is 1. The molecular formula is C14H25N3O4. The van der Waals surface area contributed by atoms with E-state index < -0.39 is 17.2 Å². The number of carbonyl (C=O) groups is 2. The molecule has 2 aliphatic heterocycles. The average Bonchev–Trinajstić information content (AvgIpc) is 2.32. The van der Waals surface area contributed by atoms with Crippen molar-refractivity contribution in [3.8, 4) is 0 Å². The van der Waals surface area contributed by atoms with E-state index in [1.54, 1.807) is 20.8 Å². The van der Waals surface area contributed by atoms with E-state index in [1.807, 2.05) is 0 Å². The molecule has 0 aromatic rings. The van der Waals surface area contributed by atoms with Gasteiger partial charge in [0.2, 0.25) is 0 Å². The Morgan fingerprint density at radius 1 is 1.24 bits per heavy atom. The van der Waals surface area contributed by atoms with Gasteiger partial charge >= 0.3 is 6.09 Å². The molecular weight excluding hydrogens is 274 g/mol. The highest BCUT2D eigenvalue weighted by atomic mass is 16.6. The van der Waals surface area contributed by atoms with Crippen LogP contribution in [0.1, 0.15) is 33.6 Å². The van der Waals surface area contributed by atoms with E-state index in [4.69, 9.17) is 9.47 Å². The molecule has 0 atom stereocenters. The Morgan fingerprint density at radius 2 is 1.86 bits per heavy atom. The van der Waals surface area contributed by atoms with Gasteiger partial charge < -0.3 is 25.4 Å². The number of carbonyl (C=O) groups excluding carboxylic acids is 2. The maximum Gasteiger partial charge on any atom is 0.408 e. The predicted molar refractivity (Wildman–Crippen MR) is 77.0 cm³/mol. The molecule has 0 saturated carbocycles. The largest absolute Gasteiger partial charge is 0.444 e. The molecule has 0 aromatic heterocycles. The maximum atomic E-state index is 12.4. The highest BCUT2D eigenvalue weighted by molar-refractivity contribution is 5.91. The molecule has 2 heterocycles. The minimum Gasteiger partial charge on any atom is -0.444 e. The van der Waals surface area contributed by atoms with E-state index in [2.05, 4.69) is 16.0 Å². The predicted octanol–water partition coefficient (Wildman–Crippen LogP) is 0.148. The summed E-state index contributed by atoms with van der Waals surface area (Å²) < 4.78 is 10.3. The zero-order chi connectivity index (χ0) is 15.5. The van der Waals surface area contributed by atoms with Gasteiger partial charge in [0, 0.05) is 6.04 Å². The van der Waals surface area contributed by atoms with Gasteiger partial charge in [-0.15, -0.1) is 0 Å². The maximum absolute atomic E-state index is 12.4. The molecule has 120 valence electrons. The fourth-order valence-corrected chi connectivity index (χ4v) is 2.35. The number of amides is 2. The Balaban J connectivity index is 1.90. The summed E-state index contributed by atoms with van der Waals surface area (Å²) in [6, 6.07) is 0.150. The van der Waals surface area contributed by atoms with Gasteiger partial charge in [0.05, 0.1) is 13.2 Å². The number of nitrogens with one attached hydrogen (secondary N) is 3. The number of hydrogen-bond acceptors (Lipinski definition) is 5. The van der Waals surface area contributed by atoms with Crippen molar-refractivity contribution in [2.24, 2.45) is 0 Å². The van der Waals surface area contributed by atoms with Crippen LogP contribution in [-0.4, -0.2) is 55.5 Å². The smallest absolute Gasteiger partial charge is 0.408 e. The fourth-order valence-electron chi connectivity index (χ4n) is 2.35. The first-order valence-corrected chi connectivity index (χ1v) is 7.41. The van der Waals surface area contributed by atoms with Crippen LogP contribution in [0.25, 0.3) is 0 Å². The van der Waals surface area contributed by atoms with Crippen LogP contribution in [0.4, 0.5) is 4.79 Å². The first-order valence-electron chi connectivity index (χ1n) is 7.41. The monoisotopic (exact) mass is 299 g/mol. The van der Waals surface area contributed by atoms with Crippen LogP contribution in [0.5, 0.6) is 0 Å². The zero-order valence-corrected chi connectivity index (χ0v) is 13.0. The Hall–Kier alpha value is -1.34. The molecule has 7 heteroatoms. The van der Waals surface area contributed by atoms with Crippen molar-refractivity contribution >= 4 is 12.0 Å². The molecule has 0 bridgehead atoms. The van der Waals surface area contributed by atoms with E-state index in [1.165, 1.54) is 0 Å². The van der Waals surface area contributed by atoms with Crippen LogP contribution >= 0.6 is 0 Å². The van der Waals surface area contributed by atoms with Gasteiger partial charge in [0.1, 0.15) is 5.60 Å². The van der Waals surface area contributed by atoms with E-state index in [0.717, 1.165) is 25.9 Å². The molecule has 0 unspecified atom stereocenters. The molecule has 7 nitrogen and oxygen atoms in total. The Kier molecular flexibility index (Phi) is 4.73. The van der Waals surface area contributed by atoms with E-state index in [-0.39, 0.29) is 25.2 Å². The first-order chi connectivity index (χ1) is 9.81. The molecule has 2 fully saturated rings. The van der Waals surface area contributed by atoms with Gasteiger partial charge in [-0.3, -0.25) is 4.79 Å². The average molecular weight is 299 g/mol. The van der Waals surface area contributed by atoms with Gasteiger partial charge in [-0.1, -0.05) is 0 Å². The van der Waals surface area contributed by atoms with Crippen LogP contribution in [0, 0.1) is 0 Å². The SMILES string of the molecule is CC(C)(C)OC(=O)NC1(C(=O)NC2CCNCC2)COC1. The summed E-state index contributed by atoms with van der Waals surface area (Å²) in [5.74, 6) is -0.188. The molecule has 2 rings (SSSR count). The number of rotatable bonds is 3. The van der Waals surface area contributed by atoms with Crippen molar-refractivity contribution in [3.05, 3.63) is 0 Å². The van der Waals surface area contributed by atoms with E-state index in [9.17, 15) is 9.59 Å². The van der Waals surface area contributed by atoms with Gasteiger partial charge in [-0.05, 0) is 46.7 Å². The van der Waals surface area contributed by atoms with Crippen LogP contribution < -0.4 is 16.0 Å². The summed E-state index contributed by atoms with van der Waals surface area (Å²) >= 11 is 0. The molecule has 3 N–H and O–H groups in total. The van der Waals surface area contributed by atoms with Crippen molar-refractivity contribution in [2.75, 3.05) is 26.3 Å². The molecule has 2 aliphatic rings. The lowest BCUT2D eigenvalue weighted by Gasteiger charge is -2.41. The summed E-state index contributed by atoms with van der Waals surface area (Å²) in [4.78, 5) is 24.3. The molecule has 0 aliphatic carbocycles. The van der Waals surface area contributed by atoms with Crippen molar-refractivity contribution in [2.45, 2.75) is 50.8 Å². The summed E-state index contributed by atoms with van der Waals surface area (Å²) in [7, 11) is 0. The highest BCUT2D eigenvalue weighted by Gasteiger charge is 2.48. The third kappa shape index (κ3) is 4.31. The quantitative estimate of drug-likeness (QED) is 0.690. The lowest BCUT2D eigenvalue weighted by molar-refractivity contribution is -0.148. The van der Waals surface area contributed by atoms with Gasteiger partial charge in [-0.2, -0.15) is 0 Å². The summed E-state index contributed by atoms with van der Waals surface area (Å²) in [5, 5.41) is 8.91. The lowest BCUT2D eigenvalue weighted by Crippen LogP contribution is -2.71. The standard InChI is InChI=1S/C14H25N3O4/c1-13(2,3)21-12(19)17-14(8-20-9-14)11(18)16-10-4-6-15-7-5-10/h10,15H,4-9H2,1-3H3,(H,16,18)(H,17,19). The Bertz CT molecular complexity index is 396. The van der Waals surface area contributed by atoms with Crippen LogP contribution in [-0.2, 0) is 14.3 Å². The minimum absolute atomic E-state index is 0.150. The molecule has 0 spiro atoms. The van der Waals surface area contributed by atoms with Crippen LogP contribution in [0.3, 0.4) is 0 Å². The summed E-state index contributed by atoms with van der Waals surface area (Å²) in [6.45, 7) is 7.51. The van der Waals surface area contributed by atoms with Crippen molar-refractivity contribution in [1.82, 2.24) is 16.0 Å². The van der Waals surface area contributed by atoms with Gasteiger partial charge in [0.15, 0.2) is 5.54 Å². The summed E-state index contributed by atoms with van der Waals surface area (Å²) in [5.41, 5.74) is -1.59. The fraction of sp³-hybridized carbons (Fsp3) is 0.857. The van der Waals surface area contributed by atoms with Crippen molar-refractivity contribution < 1.29 is 19.1 Å². The highest BCUT2D eigenvalue weighted by Crippen LogP contribution is 2.19. The molecule has 21 heavy (non-hydrogen) atoms.